The number of aliphatic hydroxyl groups excluding tert-OH is 1. The Morgan fingerprint density at radius 1 is 1.03 bits per heavy atom. The van der Waals surface area contributed by atoms with Gasteiger partial charge in [0.1, 0.15) is 11.5 Å². The normalized spacial score (nSPS) is 15.1. The summed E-state index contributed by atoms with van der Waals surface area (Å²) in [5.41, 5.74) is 2.28. The maximum atomic E-state index is 10.7. The van der Waals surface area contributed by atoms with Crippen molar-refractivity contribution in [2.75, 3.05) is 13.7 Å². The maximum absolute atomic E-state index is 10.7. The van der Waals surface area contributed by atoms with Gasteiger partial charge < -0.3 is 14.6 Å². The number of aliphatic hydroxyl groups is 1. The van der Waals surface area contributed by atoms with Crippen molar-refractivity contribution < 1.29 is 14.6 Å². The average Bonchev–Trinajstić information content (AvgIpc) is 2.74. The van der Waals surface area contributed by atoms with Crippen LogP contribution in [-0.4, -0.2) is 31.0 Å². The van der Waals surface area contributed by atoms with E-state index in [1.54, 1.807) is 7.11 Å². The van der Waals surface area contributed by atoms with E-state index in [1.807, 2.05) is 37.3 Å². The molecule has 2 rings (SSSR count). The number of rotatable bonds is 13. The Kier molecular flexibility index (Phi) is 9.81. The molecule has 2 aromatic carbocycles. The van der Waals surface area contributed by atoms with Crippen molar-refractivity contribution in [1.29, 1.82) is 0 Å². The van der Waals surface area contributed by atoms with Crippen LogP contribution in [0.5, 0.6) is 11.5 Å². The van der Waals surface area contributed by atoms with E-state index >= 15 is 0 Å². The molecule has 0 aliphatic heterocycles. The predicted octanol–water partition coefficient (Wildman–Crippen LogP) is 5.62. The third-order valence-electron chi connectivity index (χ3n) is 5.79. The summed E-state index contributed by atoms with van der Waals surface area (Å²) in [6, 6.07) is 16.0. The topological polar surface area (TPSA) is 68.1 Å². The molecule has 0 amide bonds. The van der Waals surface area contributed by atoms with Crippen LogP contribution >= 0.6 is 0 Å². The Morgan fingerprint density at radius 3 is 2.37 bits per heavy atom. The summed E-state index contributed by atoms with van der Waals surface area (Å²) in [4.78, 5) is 10.7. The Bertz CT molecular complexity index is 762. The molecule has 4 atom stereocenters. The average molecular weight is 414 g/mol. The molecule has 0 aliphatic rings. The Labute approximate surface area is 180 Å². The van der Waals surface area contributed by atoms with Gasteiger partial charge in [-0.1, -0.05) is 55.8 Å². The van der Waals surface area contributed by atoms with Crippen LogP contribution in [0.1, 0.15) is 51.2 Å². The van der Waals surface area contributed by atoms with E-state index < -0.39 is 6.10 Å². The van der Waals surface area contributed by atoms with Crippen LogP contribution in [0.25, 0.3) is 0 Å². The molecule has 30 heavy (non-hydrogen) atoms. The molecule has 0 spiro atoms. The first-order valence-corrected chi connectivity index (χ1v) is 10.8. The second kappa shape index (κ2) is 12.3. The van der Waals surface area contributed by atoms with E-state index in [9.17, 15) is 10.0 Å². The van der Waals surface area contributed by atoms with E-state index in [0.717, 1.165) is 29.9 Å². The molecular formula is C25H35NO4. The molecule has 0 aromatic heterocycles. The van der Waals surface area contributed by atoms with Crippen molar-refractivity contribution in [3.05, 3.63) is 64.6 Å². The van der Waals surface area contributed by atoms with Crippen LogP contribution in [0, 0.1) is 16.7 Å². The van der Waals surface area contributed by atoms with Crippen molar-refractivity contribution >= 4 is 0 Å². The highest BCUT2D eigenvalue weighted by Crippen LogP contribution is 2.26. The number of benzene rings is 2. The summed E-state index contributed by atoms with van der Waals surface area (Å²) in [6.45, 7) is 6.44. The first-order chi connectivity index (χ1) is 14.5. The fourth-order valence-corrected chi connectivity index (χ4v) is 3.74. The zero-order chi connectivity index (χ0) is 21.9. The predicted molar refractivity (Wildman–Crippen MR) is 121 cm³/mol. The molecule has 0 heterocycles. The molecule has 1 N–H and O–H groups in total. The third kappa shape index (κ3) is 7.45. The number of ether oxygens (including phenoxy) is 2. The molecule has 0 radical (unpaired) electrons. The second-order valence-electron chi connectivity index (χ2n) is 8.14. The van der Waals surface area contributed by atoms with Gasteiger partial charge in [-0.05, 0) is 54.5 Å². The van der Waals surface area contributed by atoms with Crippen molar-refractivity contribution in [1.82, 2.24) is 0 Å². The molecule has 0 saturated heterocycles. The van der Waals surface area contributed by atoms with E-state index in [4.69, 9.17) is 9.47 Å². The molecule has 5 nitrogen and oxygen atoms in total. The third-order valence-corrected chi connectivity index (χ3v) is 5.79. The summed E-state index contributed by atoms with van der Waals surface area (Å²) in [5.74, 6) is 2.14. The van der Waals surface area contributed by atoms with Crippen molar-refractivity contribution in [3.8, 4) is 11.5 Å². The minimum absolute atomic E-state index is 0.108. The Balaban J connectivity index is 1.97. The number of hydrogen-bond acceptors (Lipinski definition) is 5. The zero-order valence-corrected chi connectivity index (χ0v) is 18.6. The number of hydrogen-bond donors (Lipinski definition) is 1. The first-order valence-electron chi connectivity index (χ1n) is 10.8. The van der Waals surface area contributed by atoms with Gasteiger partial charge in [0.25, 0.3) is 0 Å². The van der Waals surface area contributed by atoms with Crippen molar-refractivity contribution in [2.24, 2.45) is 17.0 Å². The van der Waals surface area contributed by atoms with Gasteiger partial charge in [-0.2, -0.15) is 4.91 Å². The summed E-state index contributed by atoms with van der Waals surface area (Å²) in [6.07, 6.45) is 2.16. The van der Waals surface area contributed by atoms with Gasteiger partial charge in [0.15, 0.2) is 0 Å². The van der Waals surface area contributed by atoms with Crippen LogP contribution in [0.2, 0.25) is 0 Å². The summed E-state index contributed by atoms with van der Waals surface area (Å²) in [7, 11) is 1.66. The van der Waals surface area contributed by atoms with Gasteiger partial charge in [-0.15, -0.1) is 0 Å². The lowest BCUT2D eigenvalue weighted by Crippen LogP contribution is -2.26. The highest BCUT2D eigenvalue weighted by Gasteiger charge is 2.22. The van der Waals surface area contributed by atoms with Crippen LogP contribution < -0.4 is 9.47 Å². The lowest BCUT2D eigenvalue weighted by molar-refractivity contribution is 0.0762. The largest absolute Gasteiger partial charge is 0.497 e. The summed E-state index contributed by atoms with van der Waals surface area (Å²) >= 11 is 0. The smallest absolute Gasteiger partial charge is 0.123 e. The van der Waals surface area contributed by atoms with Gasteiger partial charge in [0.05, 0.1) is 25.9 Å². The fourth-order valence-electron chi connectivity index (χ4n) is 3.74. The summed E-state index contributed by atoms with van der Waals surface area (Å²) in [5, 5.41) is 13.6. The molecule has 0 fully saturated rings. The van der Waals surface area contributed by atoms with E-state index in [2.05, 4.69) is 37.2 Å². The van der Waals surface area contributed by atoms with Gasteiger partial charge >= 0.3 is 0 Å². The van der Waals surface area contributed by atoms with Crippen LogP contribution in [0.3, 0.4) is 0 Å². The summed E-state index contributed by atoms with van der Waals surface area (Å²) < 4.78 is 11.4. The van der Waals surface area contributed by atoms with Gasteiger partial charge in [0, 0.05) is 12.8 Å². The molecule has 0 saturated carbocycles. The van der Waals surface area contributed by atoms with Gasteiger partial charge in [-0.3, -0.25) is 0 Å². The quantitative estimate of drug-likeness (QED) is 0.433. The molecule has 1 unspecified atom stereocenters. The van der Waals surface area contributed by atoms with Gasteiger partial charge in [-0.25, -0.2) is 0 Å². The maximum Gasteiger partial charge on any atom is 0.123 e. The standard InChI is InChI=1S/C25H35NO4/c1-5-18(2)22(17-26-28)16-23(27)14-19(3)30-25-9-7-6-8-21(25)15-20-10-12-24(29-4)13-11-20/h6-13,18-19,22-23,27H,5,14-17H2,1-4H3/t18?,19-,22+,23-/m1/s1. The molecular weight excluding hydrogens is 378 g/mol. The second-order valence-corrected chi connectivity index (χ2v) is 8.14. The van der Waals surface area contributed by atoms with Crippen LogP contribution in [-0.2, 0) is 6.42 Å². The van der Waals surface area contributed by atoms with Crippen LogP contribution in [0.15, 0.2) is 53.7 Å². The minimum atomic E-state index is -0.519. The number of nitrogens with zero attached hydrogens (tertiary/aromatic N) is 1. The number of nitroso groups, excluding NO2 is 1. The number of para-hydroxylation sites is 1. The molecule has 2 aromatic rings. The molecule has 0 bridgehead atoms. The van der Waals surface area contributed by atoms with Crippen molar-refractivity contribution in [2.45, 2.75) is 58.7 Å². The molecule has 164 valence electrons. The monoisotopic (exact) mass is 413 g/mol. The van der Waals surface area contributed by atoms with Crippen molar-refractivity contribution in [3.63, 3.8) is 0 Å². The number of methoxy groups -OCH3 is 1. The molecule has 0 aliphatic carbocycles. The lowest BCUT2D eigenvalue weighted by atomic mass is 9.86. The first kappa shape index (κ1) is 23.9. The van der Waals surface area contributed by atoms with Gasteiger partial charge in [0.2, 0.25) is 0 Å². The molecule has 5 heteroatoms. The minimum Gasteiger partial charge on any atom is -0.497 e. The fraction of sp³-hybridized carbons (Fsp3) is 0.520. The Morgan fingerprint density at radius 2 is 1.73 bits per heavy atom. The highest BCUT2D eigenvalue weighted by atomic mass is 16.5. The lowest BCUT2D eigenvalue weighted by Gasteiger charge is -2.25. The van der Waals surface area contributed by atoms with E-state index in [1.165, 1.54) is 5.56 Å². The Hall–Kier alpha value is -2.40. The zero-order valence-electron chi connectivity index (χ0n) is 18.6. The highest BCUT2D eigenvalue weighted by molar-refractivity contribution is 5.39. The van der Waals surface area contributed by atoms with E-state index in [0.29, 0.717) is 18.8 Å². The SMILES string of the molecule is CCC(C)[C@H](CN=O)C[C@H](O)C[C@@H](C)Oc1ccccc1Cc1ccc(OC)cc1. The van der Waals surface area contributed by atoms with Crippen LogP contribution in [0.4, 0.5) is 0 Å². The van der Waals surface area contributed by atoms with E-state index in [-0.39, 0.29) is 18.6 Å².